The minimum Gasteiger partial charge on any atom is -0.311 e. The van der Waals surface area contributed by atoms with Gasteiger partial charge in [-0.2, -0.15) is 0 Å². The van der Waals surface area contributed by atoms with E-state index in [0.717, 1.165) is 23.7 Å². The maximum atomic E-state index is 2.63. The molecule has 0 aromatic heterocycles. The molecule has 2 spiro atoms. The quantitative estimate of drug-likeness (QED) is 0.162. The highest BCUT2D eigenvalue weighted by Crippen LogP contribution is 2.67. The van der Waals surface area contributed by atoms with Crippen molar-refractivity contribution >= 4 is 57.2 Å². The lowest BCUT2D eigenvalue weighted by molar-refractivity contribution is 0.327. The molecule has 2 nitrogen and oxygen atoms in total. The molecule has 0 saturated heterocycles. The number of nitrogens with zero attached hydrogens (tertiary/aromatic N) is 2. The second-order valence-corrected chi connectivity index (χ2v) is 19.6. The van der Waals surface area contributed by atoms with E-state index in [1.807, 2.05) is 0 Å². The number of rotatable bonds is 2. The van der Waals surface area contributed by atoms with Gasteiger partial charge in [-0.3, -0.25) is 0 Å². The first-order chi connectivity index (χ1) is 29.2. The number of fused-ring (bicyclic) bond motifs is 20. The van der Waals surface area contributed by atoms with Crippen LogP contribution in [0.1, 0.15) is 73.6 Å². The molecule has 7 aromatic carbocycles. The van der Waals surface area contributed by atoms with Crippen LogP contribution < -0.4 is 26.2 Å². The third kappa shape index (κ3) is 3.80. The number of hydrogen-bond acceptors (Lipinski definition) is 2. The van der Waals surface area contributed by atoms with Gasteiger partial charge in [-0.25, -0.2) is 0 Å². The minimum atomic E-state index is 0.137. The van der Waals surface area contributed by atoms with Gasteiger partial charge in [0.05, 0.1) is 0 Å². The van der Waals surface area contributed by atoms with Gasteiger partial charge in [-0.1, -0.05) is 116 Å². The summed E-state index contributed by atoms with van der Waals surface area (Å²) in [6, 6.07) is 59.6. The monoisotopic (exact) mass is 756 g/mol. The zero-order valence-electron chi connectivity index (χ0n) is 33.4. The molecule has 2 aliphatic heterocycles. The lowest BCUT2D eigenvalue weighted by atomic mass is 9.33. The average molecular weight is 757 g/mol. The van der Waals surface area contributed by atoms with Gasteiger partial charge in [-0.15, -0.1) is 0 Å². The Balaban J connectivity index is 0.939. The second-order valence-electron chi connectivity index (χ2n) is 19.6. The Morgan fingerprint density at radius 2 is 0.847 bits per heavy atom. The molecule has 0 N–H and O–H groups in total. The third-order valence-corrected chi connectivity index (χ3v) is 17.4. The molecule has 282 valence electrons. The SMILES string of the molecule is c1ccc2c(c1)B1c3ccccc3N(c3ccc4c(c3)[C@]3(C[C@H]5CC[C@@H]3C5)c3ccccc3-4)c3cccc(c31)N2c1ccc2c(c1)[C@]1(CC3CCC1C3)c1ccccc1-2. The van der Waals surface area contributed by atoms with Crippen LogP contribution in [-0.4, -0.2) is 6.71 Å². The first-order valence-electron chi connectivity index (χ1n) is 22.6. The highest BCUT2D eigenvalue weighted by Gasteiger charge is 2.58. The molecular weight excluding hydrogens is 711 g/mol. The van der Waals surface area contributed by atoms with E-state index in [0.29, 0.717) is 0 Å². The lowest BCUT2D eigenvalue weighted by Crippen LogP contribution is -2.61. The first-order valence-corrected chi connectivity index (χ1v) is 22.6. The van der Waals surface area contributed by atoms with Gasteiger partial charge in [0.1, 0.15) is 0 Å². The Kier molecular flexibility index (Phi) is 6.02. The molecule has 8 aliphatic rings. The molecule has 0 amide bonds. The van der Waals surface area contributed by atoms with E-state index in [2.05, 4.69) is 161 Å². The average Bonchev–Trinajstić information content (AvgIpc) is 4.17. The molecule has 0 radical (unpaired) electrons. The maximum Gasteiger partial charge on any atom is 0.252 e. The zero-order valence-corrected chi connectivity index (χ0v) is 33.4. The van der Waals surface area contributed by atoms with Crippen molar-refractivity contribution in [1.82, 2.24) is 0 Å². The lowest BCUT2D eigenvalue weighted by Gasteiger charge is -2.44. The smallest absolute Gasteiger partial charge is 0.252 e. The summed E-state index contributed by atoms with van der Waals surface area (Å²) < 4.78 is 0. The first kappa shape index (κ1) is 32.1. The van der Waals surface area contributed by atoms with Gasteiger partial charge in [0.2, 0.25) is 0 Å². The minimum absolute atomic E-state index is 0.137. The van der Waals surface area contributed by atoms with Crippen molar-refractivity contribution in [3.8, 4) is 22.3 Å². The van der Waals surface area contributed by atoms with Gasteiger partial charge in [0.25, 0.3) is 6.71 Å². The summed E-state index contributed by atoms with van der Waals surface area (Å²) in [6.45, 7) is 0.146. The molecule has 4 bridgehead atoms. The highest BCUT2D eigenvalue weighted by molar-refractivity contribution is 7.00. The third-order valence-electron chi connectivity index (χ3n) is 17.4. The second kappa shape index (κ2) is 11.1. The van der Waals surface area contributed by atoms with Gasteiger partial charge in [0, 0.05) is 45.0 Å². The fourth-order valence-electron chi connectivity index (χ4n) is 15.4. The Morgan fingerprint density at radius 3 is 1.32 bits per heavy atom. The molecule has 6 atom stereocenters. The van der Waals surface area contributed by atoms with Crippen LogP contribution in [0.5, 0.6) is 0 Å². The fourth-order valence-corrected chi connectivity index (χ4v) is 15.4. The number of anilines is 6. The summed E-state index contributed by atoms with van der Waals surface area (Å²) in [4.78, 5) is 5.26. The Labute approximate surface area is 347 Å². The summed E-state index contributed by atoms with van der Waals surface area (Å²) in [5, 5.41) is 0. The molecule has 59 heavy (non-hydrogen) atoms. The van der Waals surface area contributed by atoms with Crippen LogP contribution in [0.4, 0.5) is 34.1 Å². The van der Waals surface area contributed by atoms with Gasteiger partial charge in [-0.05, 0) is 172 Å². The number of hydrogen-bond donors (Lipinski definition) is 0. The predicted octanol–water partition coefficient (Wildman–Crippen LogP) is 11.9. The predicted molar refractivity (Wildman–Crippen MR) is 244 cm³/mol. The van der Waals surface area contributed by atoms with E-state index in [9.17, 15) is 0 Å². The van der Waals surface area contributed by atoms with Crippen molar-refractivity contribution < 1.29 is 0 Å². The summed E-state index contributed by atoms with van der Waals surface area (Å²) in [6.07, 6.45) is 10.9. The fraction of sp³-hybridized carbons (Fsp3) is 0.250. The van der Waals surface area contributed by atoms with Crippen molar-refractivity contribution in [3.63, 3.8) is 0 Å². The molecule has 2 heterocycles. The van der Waals surface area contributed by atoms with E-state index < -0.39 is 0 Å². The van der Waals surface area contributed by atoms with Crippen molar-refractivity contribution in [3.05, 3.63) is 174 Å². The largest absolute Gasteiger partial charge is 0.311 e. The standard InChI is InChI=1S/C56H45BN2/c1-3-12-44-40(10-1)42-26-24-38(30-46(42)55(44)32-34-20-22-36(55)28-34)58-50-16-7-5-14-48(50)57-49-15-6-8-17-51(49)59(53-19-9-18-52(58)54(53)57)39-25-27-43-41-11-2-4-13-45(41)56(47(43)31-39)33-35-21-23-37(56)29-35/h1-19,24-27,30-31,34-37H,20-23,28-29,32-33H2/t34-,35?,36+,37?,55-,56-/m0/s1. The number of benzene rings is 7. The van der Waals surface area contributed by atoms with Crippen molar-refractivity contribution in [2.24, 2.45) is 23.7 Å². The molecule has 6 aliphatic carbocycles. The maximum absolute atomic E-state index is 2.63. The van der Waals surface area contributed by atoms with Crippen LogP contribution in [-0.2, 0) is 10.8 Å². The van der Waals surface area contributed by atoms with Crippen LogP contribution in [0.2, 0.25) is 0 Å². The summed E-state index contributed by atoms with van der Waals surface area (Å²) >= 11 is 0. The normalized spacial score (nSPS) is 27.5. The molecule has 2 unspecified atom stereocenters. The number of para-hydroxylation sites is 2. The molecular formula is C56H45BN2. The van der Waals surface area contributed by atoms with Crippen molar-refractivity contribution in [1.29, 1.82) is 0 Å². The summed E-state index contributed by atoms with van der Waals surface area (Å²) in [7, 11) is 0. The van der Waals surface area contributed by atoms with Crippen LogP contribution in [0.3, 0.4) is 0 Å². The van der Waals surface area contributed by atoms with E-state index in [-0.39, 0.29) is 17.5 Å². The van der Waals surface area contributed by atoms with E-state index in [1.165, 1.54) is 124 Å². The molecule has 7 aromatic rings. The van der Waals surface area contributed by atoms with Crippen LogP contribution >= 0.6 is 0 Å². The molecule has 3 heteroatoms. The zero-order chi connectivity index (χ0) is 38.2. The molecule has 4 saturated carbocycles. The Hall–Kier alpha value is -5.80. The molecule has 4 fully saturated rings. The van der Waals surface area contributed by atoms with E-state index in [4.69, 9.17) is 0 Å². The van der Waals surface area contributed by atoms with Crippen LogP contribution in [0, 0.1) is 23.7 Å². The van der Waals surface area contributed by atoms with Gasteiger partial charge >= 0.3 is 0 Å². The summed E-state index contributed by atoms with van der Waals surface area (Å²) in [5.41, 5.74) is 24.5. The molecule has 15 rings (SSSR count). The van der Waals surface area contributed by atoms with E-state index >= 15 is 0 Å². The summed E-state index contributed by atoms with van der Waals surface area (Å²) in [5.74, 6) is 3.16. The van der Waals surface area contributed by atoms with Gasteiger partial charge in [0.15, 0.2) is 0 Å². The topological polar surface area (TPSA) is 6.48 Å². The Morgan fingerprint density at radius 1 is 0.407 bits per heavy atom. The Bertz CT molecular complexity index is 2800. The van der Waals surface area contributed by atoms with Gasteiger partial charge < -0.3 is 9.80 Å². The van der Waals surface area contributed by atoms with Crippen LogP contribution in [0.15, 0.2) is 152 Å². The van der Waals surface area contributed by atoms with Crippen molar-refractivity contribution in [2.75, 3.05) is 9.80 Å². The van der Waals surface area contributed by atoms with Crippen LogP contribution in [0.25, 0.3) is 22.3 Å². The highest BCUT2D eigenvalue weighted by atomic mass is 15.2. The van der Waals surface area contributed by atoms with E-state index in [1.54, 1.807) is 22.3 Å². The van der Waals surface area contributed by atoms with Crippen molar-refractivity contribution in [2.45, 2.75) is 62.2 Å².